The van der Waals surface area contributed by atoms with Gasteiger partial charge in [0.25, 0.3) is 0 Å². The molecule has 4 nitrogen and oxygen atoms in total. The first-order valence-electron chi connectivity index (χ1n) is 4.14. The summed E-state index contributed by atoms with van der Waals surface area (Å²) in [5, 5.41) is 10.4. The summed E-state index contributed by atoms with van der Waals surface area (Å²) in [6, 6.07) is 1.59. The lowest BCUT2D eigenvalue weighted by Crippen LogP contribution is -2.32. The number of nitrogens with two attached hydrogens (primary N) is 1. The molecule has 0 aromatic carbocycles. The Morgan fingerprint density at radius 2 is 2.36 bits per heavy atom. The van der Waals surface area contributed by atoms with E-state index in [1.54, 1.807) is 13.0 Å². The molecule has 1 atom stereocenters. The van der Waals surface area contributed by atoms with Crippen molar-refractivity contribution in [3.8, 4) is 5.88 Å². The van der Waals surface area contributed by atoms with Crippen LogP contribution >= 0.6 is 11.6 Å². The van der Waals surface area contributed by atoms with Gasteiger partial charge in [-0.25, -0.2) is 4.98 Å². The Balaban J connectivity index is 3.30. The van der Waals surface area contributed by atoms with Gasteiger partial charge in [0.05, 0.1) is 17.7 Å². The third kappa shape index (κ3) is 1.97. The van der Waals surface area contributed by atoms with Crippen LogP contribution in [0.15, 0.2) is 12.3 Å². The predicted octanol–water partition coefficient (Wildman–Crippen LogP) is 0.910. The van der Waals surface area contributed by atoms with Gasteiger partial charge in [-0.05, 0) is 13.0 Å². The van der Waals surface area contributed by atoms with Crippen LogP contribution in [0.2, 0.25) is 5.02 Å². The molecule has 0 aliphatic rings. The van der Waals surface area contributed by atoms with Gasteiger partial charge in [0.1, 0.15) is 5.60 Å². The van der Waals surface area contributed by atoms with Gasteiger partial charge in [0, 0.05) is 12.7 Å². The van der Waals surface area contributed by atoms with Crippen LogP contribution in [0.5, 0.6) is 5.88 Å². The molecule has 0 spiro atoms. The van der Waals surface area contributed by atoms with Crippen LogP contribution in [0, 0.1) is 0 Å². The second-order valence-corrected chi connectivity index (χ2v) is 3.56. The third-order valence-corrected chi connectivity index (χ3v) is 2.31. The molecule has 1 aromatic rings. The number of methoxy groups -OCH3 is 1. The van der Waals surface area contributed by atoms with Gasteiger partial charge in [-0.2, -0.15) is 0 Å². The van der Waals surface area contributed by atoms with Crippen molar-refractivity contribution < 1.29 is 9.84 Å². The zero-order valence-electron chi connectivity index (χ0n) is 8.12. The number of halogens is 1. The standard InChI is InChI=1S/C9H13ClN2O2/c1-9(13,5-11)7-6(10)3-4-12-8(7)14-2/h3-4,13H,5,11H2,1-2H3. The summed E-state index contributed by atoms with van der Waals surface area (Å²) in [6.45, 7) is 1.62. The topological polar surface area (TPSA) is 68.4 Å². The molecule has 1 aromatic heterocycles. The number of hydrogen-bond acceptors (Lipinski definition) is 4. The molecule has 1 rings (SSSR count). The van der Waals surface area contributed by atoms with Gasteiger partial charge < -0.3 is 15.6 Å². The van der Waals surface area contributed by atoms with Crippen molar-refractivity contribution in [2.45, 2.75) is 12.5 Å². The maximum absolute atomic E-state index is 9.96. The van der Waals surface area contributed by atoms with Crippen molar-refractivity contribution >= 4 is 11.6 Å². The maximum atomic E-state index is 9.96. The van der Waals surface area contributed by atoms with E-state index in [2.05, 4.69) is 4.98 Å². The number of ether oxygens (including phenoxy) is 1. The van der Waals surface area contributed by atoms with E-state index in [1.165, 1.54) is 13.3 Å². The molecule has 3 N–H and O–H groups in total. The molecule has 0 aliphatic carbocycles. The van der Waals surface area contributed by atoms with Crippen LogP contribution in [0.4, 0.5) is 0 Å². The van der Waals surface area contributed by atoms with Gasteiger partial charge in [-0.15, -0.1) is 0 Å². The minimum Gasteiger partial charge on any atom is -0.481 e. The van der Waals surface area contributed by atoms with Crippen molar-refractivity contribution in [2.75, 3.05) is 13.7 Å². The minimum atomic E-state index is -1.23. The molecule has 0 radical (unpaired) electrons. The van der Waals surface area contributed by atoms with E-state index < -0.39 is 5.60 Å². The molecule has 1 heterocycles. The SMILES string of the molecule is COc1nccc(Cl)c1C(C)(O)CN. The highest BCUT2D eigenvalue weighted by Crippen LogP contribution is 2.33. The molecule has 0 aliphatic heterocycles. The molecular formula is C9H13ClN2O2. The smallest absolute Gasteiger partial charge is 0.220 e. The monoisotopic (exact) mass is 216 g/mol. The summed E-state index contributed by atoms with van der Waals surface area (Å²) in [4.78, 5) is 3.95. The van der Waals surface area contributed by atoms with E-state index in [-0.39, 0.29) is 6.54 Å². The van der Waals surface area contributed by atoms with Crippen LogP contribution in [0.25, 0.3) is 0 Å². The van der Waals surface area contributed by atoms with Crippen LogP contribution in [0.1, 0.15) is 12.5 Å². The Bertz CT molecular complexity index is 329. The average Bonchev–Trinajstić information content (AvgIpc) is 2.17. The highest BCUT2D eigenvalue weighted by molar-refractivity contribution is 6.31. The van der Waals surface area contributed by atoms with Crippen molar-refractivity contribution in [2.24, 2.45) is 5.73 Å². The van der Waals surface area contributed by atoms with Crippen molar-refractivity contribution in [3.05, 3.63) is 22.8 Å². The molecule has 0 bridgehead atoms. The number of aliphatic hydroxyl groups is 1. The summed E-state index contributed by atoms with van der Waals surface area (Å²) in [6.07, 6.45) is 1.51. The first-order valence-corrected chi connectivity index (χ1v) is 4.52. The van der Waals surface area contributed by atoms with Crippen LogP contribution in [-0.4, -0.2) is 23.7 Å². The third-order valence-electron chi connectivity index (χ3n) is 1.99. The van der Waals surface area contributed by atoms with Crippen LogP contribution in [0.3, 0.4) is 0 Å². The lowest BCUT2D eigenvalue weighted by molar-refractivity contribution is 0.0635. The predicted molar refractivity (Wildman–Crippen MR) is 54.4 cm³/mol. The number of pyridine rings is 1. The number of nitrogens with zero attached hydrogens (tertiary/aromatic N) is 1. The Kier molecular flexibility index (Phi) is 3.31. The lowest BCUT2D eigenvalue weighted by atomic mass is 9.97. The fraction of sp³-hybridized carbons (Fsp3) is 0.444. The highest BCUT2D eigenvalue weighted by atomic mass is 35.5. The van der Waals surface area contributed by atoms with Gasteiger partial charge >= 0.3 is 0 Å². The normalized spacial score (nSPS) is 14.9. The van der Waals surface area contributed by atoms with Crippen molar-refractivity contribution in [1.29, 1.82) is 0 Å². The molecule has 0 saturated heterocycles. The Morgan fingerprint density at radius 3 is 2.86 bits per heavy atom. The molecule has 78 valence electrons. The fourth-order valence-electron chi connectivity index (χ4n) is 1.16. The summed E-state index contributed by atoms with van der Waals surface area (Å²) >= 11 is 5.94. The van der Waals surface area contributed by atoms with Crippen LogP contribution < -0.4 is 10.5 Å². The van der Waals surface area contributed by atoms with E-state index >= 15 is 0 Å². The van der Waals surface area contributed by atoms with Crippen molar-refractivity contribution in [3.63, 3.8) is 0 Å². The van der Waals surface area contributed by atoms with Crippen LogP contribution in [-0.2, 0) is 5.60 Å². The van der Waals surface area contributed by atoms with Gasteiger partial charge in [-0.3, -0.25) is 0 Å². The zero-order chi connectivity index (χ0) is 10.8. The van der Waals surface area contributed by atoms with E-state index in [0.29, 0.717) is 16.5 Å². The molecule has 0 fully saturated rings. The first kappa shape index (κ1) is 11.2. The van der Waals surface area contributed by atoms with Gasteiger partial charge in [-0.1, -0.05) is 11.6 Å². The fourth-order valence-corrected chi connectivity index (χ4v) is 1.51. The van der Waals surface area contributed by atoms with Gasteiger partial charge in [0.15, 0.2) is 0 Å². The highest BCUT2D eigenvalue weighted by Gasteiger charge is 2.28. The summed E-state index contributed by atoms with van der Waals surface area (Å²) in [7, 11) is 1.47. The minimum absolute atomic E-state index is 0.0504. The zero-order valence-corrected chi connectivity index (χ0v) is 8.88. The number of aromatic nitrogens is 1. The summed E-state index contributed by atoms with van der Waals surface area (Å²) < 4.78 is 5.00. The van der Waals surface area contributed by atoms with Gasteiger partial charge in [0.2, 0.25) is 5.88 Å². The summed E-state index contributed by atoms with van der Waals surface area (Å²) in [5.74, 6) is 0.299. The first-order chi connectivity index (χ1) is 6.53. The number of hydrogen-bond donors (Lipinski definition) is 2. The van der Waals surface area contributed by atoms with E-state index in [9.17, 15) is 5.11 Å². The van der Waals surface area contributed by atoms with E-state index in [0.717, 1.165) is 0 Å². The van der Waals surface area contributed by atoms with Crippen molar-refractivity contribution in [1.82, 2.24) is 4.98 Å². The Morgan fingerprint density at radius 1 is 1.71 bits per heavy atom. The average molecular weight is 217 g/mol. The maximum Gasteiger partial charge on any atom is 0.220 e. The largest absolute Gasteiger partial charge is 0.481 e. The lowest BCUT2D eigenvalue weighted by Gasteiger charge is -2.23. The summed E-state index contributed by atoms with van der Waals surface area (Å²) in [5.41, 5.74) is 4.64. The quantitative estimate of drug-likeness (QED) is 0.788. The second kappa shape index (κ2) is 4.13. The Hall–Kier alpha value is -0.840. The Labute approximate surface area is 87.7 Å². The second-order valence-electron chi connectivity index (χ2n) is 3.16. The molecule has 14 heavy (non-hydrogen) atoms. The molecule has 0 amide bonds. The molecule has 0 saturated carbocycles. The van der Waals surface area contributed by atoms with E-state index in [4.69, 9.17) is 22.1 Å². The molecular weight excluding hydrogens is 204 g/mol. The molecule has 1 unspecified atom stereocenters. The molecule has 5 heteroatoms. The number of rotatable bonds is 3. The van der Waals surface area contributed by atoms with E-state index in [1.807, 2.05) is 0 Å².